The van der Waals surface area contributed by atoms with E-state index in [4.69, 9.17) is 9.47 Å². The fourth-order valence-corrected chi connectivity index (χ4v) is 6.48. The summed E-state index contributed by atoms with van der Waals surface area (Å²) in [4.78, 5) is 44.8. The molecule has 0 unspecified atom stereocenters. The number of hydrogen-bond donors (Lipinski definition) is 1. The van der Waals surface area contributed by atoms with Gasteiger partial charge in [-0.3, -0.25) is 14.5 Å². The number of cyclic esters (lactones) is 1. The van der Waals surface area contributed by atoms with Crippen LogP contribution in [0.5, 0.6) is 0 Å². The molecule has 1 N–H and O–H groups in total. The smallest absolute Gasteiger partial charge is 0.414 e. The highest BCUT2D eigenvalue weighted by Crippen LogP contribution is 2.53. The molecule has 0 aliphatic carbocycles. The lowest BCUT2D eigenvalue weighted by molar-refractivity contribution is -0.150. The summed E-state index contributed by atoms with van der Waals surface area (Å²) in [5.74, 6) is -0.413. The second-order valence-electron chi connectivity index (χ2n) is 11.2. The Kier molecular flexibility index (Phi) is 7.70. The van der Waals surface area contributed by atoms with Gasteiger partial charge in [0.05, 0.1) is 37.9 Å². The minimum atomic E-state index is -1.18. The van der Waals surface area contributed by atoms with Crippen molar-refractivity contribution >= 4 is 29.3 Å². The van der Waals surface area contributed by atoms with Gasteiger partial charge < -0.3 is 24.4 Å². The van der Waals surface area contributed by atoms with Crippen LogP contribution in [0.25, 0.3) is 0 Å². The first-order valence-corrected chi connectivity index (χ1v) is 14.5. The maximum Gasteiger partial charge on any atom is 0.414 e. The summed E-state index contributed by atoms with van der Waals surface area (Å²) < 4.78 is 11.7. The maximum absolute atomic E-state index is 14.3. The summed E-state index contributed by atoms with van der Waals surface area (Å²) in [6, 6.07) is 25.0. The first kappa shape index (κ1) is 27.9. The minimum absolute atomic E-state index is 0.116. The highest BCUT2D eigenvalue weighted by atomic mass is 16.6. The van der Waals surface area contributed by atoms with Crippen LogP contribution in [-0.4, -0.2) is 60.3 Å². The molecule has 3 atom stereocenters. The average molecular weight is 570 g/mol. The van der Waals surface area contributed by atoms with Crippen molar-refractivity contribution in [2.75, 3.05) is 36.1 Å². The predicted octanol–water partition coefficient (Wildman–Crippen LogP) is 4.22. The van der Waals surface area contributed by atoms with E-state index in [1.165, 1.54) is 0 Å². The summed E-state index contributed by atoms with van der Waals surface area (Å²) in [6.07, 6.45) is -0.123. The molecular weight excluding hydrogens is 534 g/mol. The number of carbonyl (C=O) groups is 3. The van der Waals surface area contributed by atoms with Crippen LogP contribution in [0.2, 0.25) is 0 Å². The van der Waals surface area contributed by atoms with Crippen LogP contribution in [-0.2, 0) is 37.8 Å². The fourth-order valence-electron chi connectivity index (χ4n) is 6.48. The molecule has 218 valence electrons. The first-order valence-electron chi connectivity index (χ1n) is 14.5. The van der Waals surface area contributed by atoms with Crippen molar-refractivity contribution in [2.45, 2.75) is 44.6 Å². The van der Waals surface area contributed by atoms with E-state index < -0.39 is 11.7 Å². The molecule has 2 fully saturated rings. The van der Waals surface area contributed by atoms with Crippen molar-refractivity contribution in [1.82, 2.24) is 4.90 Å². The van der Waals surface area contributed by atoms with Gasteiger partial charge in [0.25, 0.3) is 5.91 Å². The number of amides is 3. The molecular formula is C33H35N3O6. The summed E-state index contributed by atoms with van der Waals surface area (Å²) in [6.45, 7) is 3.66. The Bertz CT molecular complexity index is 1480. The van der Waals surface area contributed by atoms with Gasteiger partial charge in [-0.1, -0.05) is 67.6 Å². The van der Waals surface area contributed by atoms with Crippen molar-refractivity contribution in [3.63, 3.8) is 0 Å². The lowest BCUT2D eigenvalue weighted by Gasteiger charge is -2.29. The zero-order valence-corrected chi connectivity index (χ0v) is 23.6. The largest absolute Gasteiger partial charge is 0.447 e. The van der Waals surface area contributed by atoms with Crippen molar-refractivity contribution in [1.29, 1.82) is 0 Å². The first-order chi connectivity index (χ1) is 20.4. The summed E-state index contributed by atoms with van der Waals surface area (Å²) in [7, 11) is 0. The SMILES string of the molecule is C[C@H]1C[C@@H](CC(=O)N(CCO)Cc2ccccc2)O[C@]12C(=O)N(Cc1cccc(N3CCOC3=O)c1)c1ccccc12. The van der Waals surface area contributed by atoms with Gasteiger partial charge in [0.1, 0.15) is 6.61 Å². The van der Waals surface area contributed by atoms with Gasteiger partial charge in [0.2, 0.25) is 5.91 Å². The number of aliphatic hydroxyl groups is 1. The Morgan fingerprint density at radius 1 is 1.02 bits per heavy atom. The number of rotatable bonds is 9. The van der Waals surface area contributed by atoms with E-state index in [9.17, 15) is 19.5 Å². The fraction of sp³-hybridized carbons (Fsp3) is 0.364. The quantitative estimate of drug-likeness (QED) is 0.414. The predicted molar refractivity (Wildman–Crippen MR) is 157 cm³/mol. The number of anilines is 2. The normalized spacial score (nSPS) is 23.0. The Labute approximate surface area is 245 Å². The Morgan fingerprint density at radius 3 is 2.55 bits per heavy atom. The molecule has 0 bridgehead atoms. The second-order valence-corrected chi connectivity index (χ2v) is 11.2. The molecule has 2 saturated heterocycles. The highest BCUT2D eigenvalue weighted by Gasteiger charge is 2.60. The third-order valence-corrected chi connectivity index (χ3v) is 8.49. The van der Waals surface area contributed by atoms with Crippen LogP contribution in [0.4, 0.5) is 16.2 Å². The molecule has 3 heterocycles. The van der Waals surface area contributed by atoms with Gasteiger partial charge in [0, 0.05) is 30.3 Å². The number of fused-ring (bicyclic) bond motifs is 2. The van der Waals surface area contributed by atoms with Crippen LogP contribution in [0.1, 0.15) is 36.5 Å². The van der Waals surface area contributed by atoms with Crippen LogP contribution in [0, 0.1) is 5.92 Å². The molecule has 1 spiro atoms. The molecule has 6 rings (SSSR count). The van der Waals surface area contributed by atoms with Crippen molar-refractivity contribution in [3.05, 3.63) is 95.6 Å². The number of hydrogen-bond acceptors (Lipinski definition) is 6. The molecule has 3 aliphatic heterocycles. The van der Waals surface area contributed by atoms with E-state index in [0.29, 0.717) is 32.7 Å². The highest BCUT2D eigenvalue weighted by molar-refractivity contribution is 6.07. The number of benzene rings is 3. The molecule has 3 aliphatic rings. The van der Waals surface area contributed by atoms with E-state index in [1.54, 1.807) is 14.7 Å². The minimum Gasteiger partial charge on any atom is -0.447 e. The third kappa shape index (κ3) is 5.03. The van der Waals surface area contributed by atoms with E-state index in [0.717, 1.165) is 28.1 Å². The Hall–Kier alpha value is -4.21. The zero-order chi connectivity index (χ0) is 29.3. The number of nitrogens with zero attached hydrogens (tertiary/aromatic N) is 3. The molecule has 0 radical (unpaired) electrons. The van der Waals surface area contributed by atoms with E-state index >= 15 is 0 Å². The van der Waals surface area contributed by atoms with E-state index in [-0.39, 0.29) is 43.4 Å². The molecule has 3 aromatic rings. The molecule has 3 amide bonds. The monoisotopic (exact) mass is 569 g/mol. The summed E-state index contributed by atoms with van der Waals surface area (Å²) in [5.41, 5.74) is 3.02. The Balaban J connectivity index is 1.22. The summed E-state index contributed by atoms with van der Waals surface area (Å²) >= 11 is 0. The third-order valence-electron chi connectivity index (χ3n) is 8.49. The standard InChI is InChI=1S/C33H35N3O6/c1-23-18-27(20-30(38)34(14-16-37)21-24-8-3-2-4-9-24)42-33(23)28-12-5-6-13-29(28)36(31(33)39)22-25-10-7-11-26(19-25)35-15-17-41-32(35)40/h2-13,19,23,27,37H,14-18,20-22H2,1H3/t23-,27-,33+/m0/s1. The van der Waals surface area contributed by atoms with Gasteiger partial charge in [-0.2, -0.15) is 0 Å². The lowest BCUT2D eigenvalue weighted by Crippen LogP contribution is -2.44. The lowest BCUT2D eigenvalue weighted by atomic mass is 9.83. The molecule has 3 aromatic carbocycles. The number of ether oxygens (including phenoxy) is 2. The van der Waals surface area contributed by atoms with Crippen LogP contribution >= 0.6 is 0 Å². The molecule has 9 heteroatoms. The molecule has 0 saturated carbocycles. The van der Waals surface area contributed by atoms with Gasteiger partial charge in [-0.15, -0.1) is 0 Å². The van der Waals surface area contributed by atoms with Gasteiger partial charge in [0.15, 0.2) is 5.60 Å². The van der Waals surface area contributed by atoms with Gasteiger partial charge >= 0.3 is 6.09 Å². The van der Waals surface area contributed by atoms with E-state index in [1.807, 2.05) is 85.8 Å². The molecule has 42 heavy (non-hydrogen) atoms. The zero-order valence-electron chi connectivity index (χ0n) is 23.6. The number of carbonyl (C=O) groups excluding carboxylic acids is 3. The number of para-hydroxylation sites is 1. The Morgan fingerprint density at radius 2 is 1.79 bits per heavy atom. The molecule has 9 nitrogen and oxygen atoms in total. The summed E-state index contributed by atoms with van der Waals surface area (Å²) in [5, 5.41) is 9.62. The van der Waals surface area contributed by atoms with Crippen molar-refractivity contribution in [3.8, 4) is 0 Å². The second kappa shape index (κ2) is 11.6. The molecule has 0 aromatic heterocycles. The van der Waals surface area contributed by atoms with Crippen LogP contribution < -0.4 is 9.80 Å². The van der Waals surface area contributed by atoms with Crippen molar-refractivity contribution in [2.24, 2.45) is 5.92 Å². The average Bonchev–Trinajstić information content (AvgIpc) is 3.64. The maximum atomic E-state index is 14.3. The van der Waals surface area contributed by atoms with E-state index in [2.05, 4.69) is 0 Å². The van der Waals surface area contributed by atoms with Gasteiger partial charge in [-0.25, -0.2) is 4.79 Å². The van der Waals surface area contributed by atoms with Gasteiger partial charge in [-0.05, 0) is 35.7 Å². The topological polar surface area (TPSA) is 99.6 Å². The van der Waals surface area contributed by atoms with Crippen LogP contribution in [0.15, 0.2) is 78.9 Å². The van der Waals surface area contributed by atoms with Crippen molar-refractivity contribution < 1.29 is 29.0 Å². The number of aliphatic hydroxyl groups excluding tert-OH is 1. The van der Waals surface area contributed by atoms with Crippen LogP contribution in [0.3, 0.4) is 0 Å².